The molecule has 0 aliphatic heterocycles. The van der Waals surface area contributed by atoms with E-state index in [-0.39, 0.29) is 0 Å². The second kappa shape index (κ2) is 4.68. The fraction of sp³-hybridized carbons (Fsp3) is 0.0833. The number of methoxy groups -OCH3 is 1. The molecule has 0 saturated carbocycles. The molecule has 16 heavy (non-hydrogen) atoms. The van der Waals surface area contributed by atoms with E-state index in [4.69, 9.17) is 16.3 Å². The van der Waals surface area contributed by atoms with Crippen molar-refractivity contribution in [1.29, 1.82) is 0 Å². The quantitative estimate of drug-likeness (QED) is 0.777. The molecule has 1 aromatic carbocycles. The molecule has 0 saturated heterocycles. The van der Waals surface area contributed by atoms with Crippen molar-refractivity contribution < 1.29 is 9.53 Å². The Hall–Kier alpha value is -1.32. The summed E-state index contributed by atoms with van der Waals surface area (Å²) in [5, 5.41) is -0.412. The van der Waals surface area contributed by atoms with Crippen LogP contribution in [0.25, 0.3) is 10.4 Å². The highest BCUT2D eigenvalue weighted by Crippen LogP contribution is 2.29. The number of rotatable bonds is 3. The standard InChI is InChI=1S/C12H9ClO2S/c1-15-9-4-2-8(3-5-9)10-6-7-11(16-10)12(13)14/h2-7H,1H3. The Bertz CT molecular complexity index is 502. The number of carbonyl (C=O) groups excluding carboxylic acids is 1. The van der Waals surface area contributed by atoms with Crippen molar-refractivity contribution in [3.63, 3.8) is 0 Å². The van der Waals surface area contributed by atoms with Crippen LogP contribution >= 0.6 is 22.9 Å². The van der Waals surface area contributed by atoms with Crippen molar-refractivity contribution in [2.24, 2.45) is 0 Å². The van der Waals surface area contributed by atoms with E-state index in [1.54, 1.807) is 13.2 Å². The third-order valence-electron chi connectivity index (χ3n) is 2.17. The first-order valence-electron chi connectivity index (χ1n) is 4.65. The van der Waals surface area contributed by atoms with Crippen LogP contribution in [-0.2, 0) is 0 Å². The lowest BCUT2D eigenvalue weighted by Crippen LogP contribution is -1.81. The van der Waals surface area contributed by atoms with Gasteiger partial charge in [-0.1, -0.05) is 0 Å². The minimum Gasteiger partial charge on any atom is -0.497 e. The largest absolute Gasteiger partial charge is 0.497 e. The molecule has 0 bridgehead atoms. The number of hydrogen-bond donors (Lipinski definition) is 0. The summed E-state index contributed by atoms with van der Waals surface area (Å²) in [5.41, 5.74) is 1.05. The van der Waals surface area contributed by atoms with Crippen LogP contribution in [0.4, 0.5) is 0 Å². The Morgan fingerprint density at radius 2 is 1.88 bits per heavy atom. The minimum atomic E-state index is -0.412. The SMILES string of the molecule is COc1ccc(-c2ccc(C(=O)Cl)s2)cc1. The predicted octanol–water partition coefficient (Wildman–Crippen LogP) is 3.80. The van der Waals surface area contributed by atoms with Crippen LogP contribution in [0.5, 0.6) is 5.75 Å². The molecule has 0 fully saturated rings. The molecule has 0 unspecified atom stereocenters. The highest BCUT2D eigenvalue weighted by molar-refractivity contribution is 7.18. The lowest BCUT2D eigenvalue weighted by atomic mass is 10.2. The van der Waals surface area contributed by atoms with E-state index >= 15 is 0 Å². The van der Waals surface area contributed by atoms with E-state index < -0.39 is 5.24 Å². The highest BCUT2D eigenvalue weighted by Gasteiger charge is 2.07. The van der Waals surface area contributed by atoms with Crippen LogP contribution in [0.1, 0.15) is 9.67 Å². The number of halogens is 1. The van der Waals surface area contributed by atoms with Gasteiger partial charge in [-0.15, -0.1) is 11.3 Å². The number of benzene rings is 1. The van der Waals surface area contributed by atoms with Gasteiger partial charge in [-0.2, -0.15) is 0 Å². The summed E-state index contributed by atoms with van der Waals surface area (Å²) in [6.07, 6.45) is 0. The lowest BCUT2D eigenvalue weighted by Gasteiger charge is -2.00. The van der Waals surface area contributed by atoms with Gasteiger partial charge in [0.1, 0.15) is 5.75 Å². The molecule has 0 aliphatic rings. The first kappa shape index (κ1) is 11.2. The van der Waals surface area contributed by atoms with Gasteiger partial charge >= 0.3 is 0 Å². The Kier molecular flexibility index (Phi) is 3.27. The van der Waals surface area contributed by atoms with E-state index in [2.05, 4.69) is 0 Å². The molecule has 2 nitrogen and oxygen atoms in total. The zero-order valence-electron chi connectivity index (χ0n) is 8.57. The van der Waals surface area contributed by atoms with Gasteiger partial charge in [0, 0.05) is 4.88 Å². The van der Waals surface area contributed by atoms with E-state index in [9.17, 15) is 4.79 Å². The van der Waals surface area contributed by atoms with Gasteiger partial charge in [-0.25, -0.2) is 0 Å². The molecule has 0 aliphatic carbocycles. The van der Waals surface area contributed by atoms with Crippen molar-refractivity contribution in [2.45, 2.75) is 0 Å². The van der Waals surface area contributed by atoms with Gasteiger partial charge < -0.3 is 4.74 Å². The van der Waals surface area contributed by atoms with Crippen LogP contribution in [0.2, 0.25) is 0 Å². The van der Waals surface area contributed by atoms with Crippen molar-refractivity contribution in [3.05, 3.63) is 41.3 Å². The molecule has 2 rings (SSSR count). The fourth-order valence-corrected chi connectivity index (χ4v) is 2.38. The first-order valence-corrected chi connectivity index (χ1v) is 5.84. The van der Waals surface area contributed by atoms with Gasteiger partial charge in [0.15, 0.2) is 0 Å². The van der Waals surface area contributed by atoms with Crippen molar-refractivity contribution >= 4 is 28.2 Å². The van der Waals surface area contributed by atoms with Gasteiger partial charge in [-0.3, -0.25) is 4.79 Å². The molecule has 1 aromatic heterocycles. The third kappa shape index (κ3) is 2.26. The Balaban J connectivity index is 2.31. The van der Waals surface area contributed by atoms with Gasteiger partial charge in [0.05, 0.1) is 12.0 Å². The van der Waals surface area contributed by atoms with Gasteiger partial charge in [0.2, 0.25) is 0 Å². The average Bonchev–Trinajstić information content (AvgIpc) is 2.78. The maximum Gasteiger partial charge on any atom is 0.262 e. The lowest BCUT2D eigenvalue weighted by molar-refractivity contribution is 0.108. The second-order valence-electron chi connectivity index (χ2n) is 3.17. The summed E-state index contributed by atoms with van der Waals surface area (Å²) < 4.78 is 5.08. The monoisotopic (exact) mass is 252 g/mol. The average molecular weight is 253 g/mol. The summed E-state index contributed by atoms with van der Waals surface area (Å²) in [7, 11) is 1.63. The summed E-state index contributed by atoms with van der Waals surface area (Å²) in [6.45, 7) is 0. The van der Waals surface area contributed by atoms with Gasteiger partial charge in [0.25, 0.3) is 5.24 Å². The summed E-state index contributed by atoms with van der Waals surface area (Å²) >= 11 is 6.79. The van der Waals surface area contributed by atoms with E-state index in [1.165, 1.54) is 11.3 Å². The predicted molar refractivity (Wildman–Crippen MR) is 66.5 cm³/mol. The molecule has 0 amide bonds. The highest BCUT2D eigenvalue weighted by atomic mass is 35.5. The number of thiophene rings is 1. The number of ether oxygens (including phenoxy) is 1. The Labute approximate surface area is 102 Å². The molecule has 4 heteroatoms. The molecule has 0 atom stereocenters. The van der Waals surface area contributed by atoms with Crippen LogP contribution in [0.3, 0.4) is 0 Å². The van der Waals surface area contributed by atoms with Crippen molar-refractivity contribution in [1.82, 2.24) is 0 Å². The van der Waals surface area contributed by atoms with Crippen LogP contribution < -0.4 is 4.74 Å². The normalized spacial score (nSPS) is 10.1. The topological polar surface area (TPSA) is 26.3 Å². The zero-order valence-corrected chi connectivity index (χ0v) is 10.1. The molecular formula is C12H9ClO2S. The van der Waals surface area contributed by atoms with E-state index in [0.29, 0.717) is 4.88 Å². The summed E-state index contributed by atoms with van der Waals surface area (Å²) in [4.78, 5) is 12.5. The molecule has 0 radical (unpaired) electrons. The van der Waals surface area contributed by atoms with Crippen LogP contribution in [-0.4, -0.2) is 12.4 Å². The molecule has 1 heterocycles. The zero-order chi connectivity index (χ0) is 11.5. The molecule has 0 N–H and O–H groups in total. The summed E-state index contributed by atoms with van der Waals surface area (Å²) in [5.74, 6) is 0.814. The number of carbonyl (C=O) groups is 1. The molecule has 0 spiro atoms. The summed E-state index contributed by atoms with van der Waals surface area (Å²) in [6, 6.07) is 11.3. The van der Waals surface area contributed by atoms with E-state index in [1.807, 2.05) is 30.3 Å². The van der Waals surface area contributed by atoms with Crippen molar-refractivity contribution in [3.8, 4) is 16.2 Å². The third-order valence-corrected chi connectivity index (χ3v) is 3.62. The minimum absolute atomic E-state index is 0.412. The number of hydrogen-bond acceptors (Lipinski definition) is 3. The Morgan fingerprint density at radius 3 is 2.38 bits per heavy atom. The van der Waals surface area contributed by atoms with Crippen LogP contribution in [0.15, 0.2) is 36.4 Å². The second-order valence-corrected chi connectivity index (χ2v) is 4.59. The Morgan fingerprint density at radius 1 is 1.19 bits per heavy atom. The maximum absolute atomic E-state index is 10.9. The van der Waals surface area contributed by atoms with Crippen LogP contribution in [0, 0.1) is 0 Å². The van der Waals surface area contributed by atoms with Crippen molar-refractivity contribution in [2.75, 3.05) is 7.11 Å². The fourth-order valence-electron chi connectivity index (χ4n) is 1.35. The molecule has 82 valence electrons. The molecular weight excluding hydrogens is 244 g/mol. The smallest absolute Gasteiger partial charge is 0.262 e. The van der Waals surface area contributed by atoms with E-state index in [0.717, 1.165) is 16.2 Å². The maximum atomic E-state index is 10.9. The molecule has 2 aromatic rings. The van der Waals surface area contributed by atoms with Gasteiger partial charge in [-0.05, 0) is 53.6 Å². The first-order chi connectivity index (χ1) is 7.70.